The first kappa shape index (κ1) is 20.8. The van der Waals surface area contributed by atoms with E-state index in [1.807, 2.05) is 66.7 Å². The van der Waals surface area contributed by atoms with Crippen molar-refractivity contribution in [3.05, 3.63) is 90.0 Å². The molecule has 1 N–H and O–H groups in total. The Kier molecular flexibility index (Phi) is 7.06. The number of ether oxygens (including phenoxy) is 3. The van der Waals surface area contributed by atoms with E-state index in [4.69, 9.17) is 14.2 Å². The van der Waals surface area contributed by atoms with Crippen molar-refractivity contribution in [1.82, 2.24) is 5.32 Å². The number of para-hydroxylation sites is 1. The summed E-state index contributed by atoms with van der Waals surface area (Å²) in [4.78, 5) is 12.7. The maximum Gasteiger partial charge on any atom is 0.258 e. The van der Waals surface area contributed by atoms with Crippen LogP contribution in [0.3, 0.4) is 0 Å². The summed E-state index contributed by atoms with van der Waals surface area (Å²) in [7, 11) is 0. The molecule has 0 bridgehead atoms. The SMILES string of the molecule is O=C(COc1ccccc1)NC(CCc1ccccc1)c1ccc2c(c1)OCCCO2. The number of hydrogen-bond donors (Lipinski definition) is 1. The van der Waals surface area contributed by atoms with Crippen molar-refractivity contribution in [1.29, 1.82) is 0 Å². The summed E-state index contributed by atoms with van der Waals surface area (Å²) in [5, 5.41) is 3.14. The maximum absolute atomic E-state index is 12.7. The third kappa shape index (κ3) is 6.01. The van der Waals surface area contributed by atoms with Gasteiger partial charge in [-0.05, 0) is 48.2 Å². The number of nitrogens with one attached hydrogen (secondary N) is 1. The number of hydrogen-bond acceptors (Lipinski definition) is 4. The molecule has 5 heteroatoms. The second kappa shape index (κ2) is 10.5. The molecule has 0 saturated carbocycles. The van der Waals surface area contributed by atoms with Gasteiger partial charge in [-0.2, -0.15) is 0 Å². The second-order valence-electron chi connectivity index (χ2n) is 7.50. The Balaban J connectivity index is 1.47. The molecule has 1 aliphatic rings. The molecule has 0 aliphatic carbocycles. The molecule has 1 unspecified atom stereocenters. The number of rotatable bonds is 8. The first-order valence-electron chi connectivity index (χ1n) is 10.7. The van der Waals surface area contributed by atoms with Crippen LogP contribution in [0.5, 0.6) is 17.2 Å². The van der Waals surface area contributed by atoms with E-state index in [-0.39, 0.29) is 18.6 Å². The Bertz CT molecular complexity index is 975. The minimum Gasteiger partial charge on any atom is -0.490 e. The van der Waals surface area contributed by atoms with Gasteiger partial charge in [0.15, 0.2) is 18.1 Å². The van der Waals surface area contributed by atoms with Crippen LogP contribution >= 0.6 is 0 Å². The molecule has 4 rings (SSSR count). The molecular weight excluding hydrogens is 390 g/mol. The van der Waals surface area contributed by atoms with Crippen molar-refractivity contribution in [2.45, 2.75) is 25.3 Å². The monoisotopic (exact) mass is 417 g/mol. The lowest BCUT2D eigenvalue weighted by molar-refractivity contribution is -0.123. The summed E-state index contributed by atoms with van der Waals surface area (Å²) in [6, 6.07) is 25.4. The Morgan fingerprint density at radius 1 is 0.903 bits per heavy atom. The van der Waals surface area contributed by atoms with Gasteiger partial charge < -0.3 is 19.5 Å². The van der Waals surface area contributed by atoms with Crippen LogP contribution in [0.25, 0.3) is 0 Å². The van der Waals surface area contributed by atoms with Gasteiger partial charge in [0.2, 0.25) is 0 Å². The molecule has 1 aliphatic heterocycles. The van der Waals surface area contributed by atoms with Crippen molar-refractivity contribution in [3.63, 3.8) is 0 Å². The first-order chi connectivity index (χ1) is 15.3. The lowest BCUT2D eigenvalue weighted by atomic mass is 9.98. The molecule has 1 heterocycles. The first-order valence-corrected chi connectivity index (χ1v) is 10.7. The summed E-state index contributed by atoms with van der Waals surface area (Å²) < 4.78 is 17.2. The van der Waals surface area contributed by atoms with Crippen LogP contribution in [0.15, 0.2) is 78.9 Å². The summed E-state index contributed by atoms with van der Waals surface area (Å²) in [5.74, 6) is 2.00. The highest BCUT2D eigenvalue weighted by Crippen LogP contribution is 2.33. The van der Waals surface area contributed by atoms with Gasteiger partial charge in [0, 0.05) is 6.42 Å². The summed E-state index contributed by atoms with van der Waals surface area (Å²) in [6.45, 7) is 1.25. The van der Waals surface area contributed by atoms with Crippen LogP contribution in [0, 0.1) is 0 Å². The Labute approximate surface area is 183 Å². The Morgan fingerprint density at radius 2 is 1.61 bits per heavy atom. The molecule has 0 aromatic heterocycles. The van der Waals surface area contributed by atoms with Crippen LogP contribution in [0.4, 0.5) is 0 Å². The fourth-order valence-corrected chi connectivity index (χ4v) is 3.58. The standard InChI is InChI=1S/C26H27NO4/c28-26(19-31-22-10-5-2-6-11-22)27-23(14-12-20-8-3-1-4-9-20)21-13-15-24-25(18-21)30-17-7-16-29-24/h1-6,8-11,13,15,18,23H,7,12,14,16-17,19H2,(H,27,28). The van der Waals surface area contributed by atoms with E-state index in [1.54, 1.807) is 0 Å². The normalized spacial score (nSPS) is 13.7. The largest absolute Gasteiger partial charge is 0.490 e. The lowest BCUT2D eigenvalue weighted by Gasteiger charge is -2.21. The maximum atomic E-state index is 12.7. The van der Waals surface area contributed by atoms with Gasteiger partial charge in [-0.15, -0.1) is 0 Å². The van der Waals surface area contributed by atoms with Crippen molar-refractivity contribution in [3.8, 4) is 17.2 Å². The van der Waals surface area contributed by atoms with Gasteiger partial charge >= 0.3 is 0 Å². The minimum atomic E-state index is -0.163. The average molecular weight is 418 g/mol. The molecule has 3 aromatic carbocycles. The fourth-order valence-electron chi connectivity index (χ4n) is 3.58. The van der Waals surface area contributed by atoms with Crippen LogP contribution in [-0.4, -0.2) is 25.7 Å². The van der Waals surface area contributed by atoms with E-state index in [2.05, 4.69) is 17.4 Å². The molecule has 0 spiro atoms. The zero-order valence-electron chi connectivity index (χ0n) is 17.5. The number of carbonyl (C=O) groups excluding carboxylic acids is 1. The van der Waals surface area contributed by atoms with E-state index in [1.165, 1.54) is 5.56 Å². The zero-order chi connectivity index (χ0) is 21.3. The number of carbonyl (C=O) groups is 1. The highest BCUT2D eigenvalue weighted by molar-refractivity contribution is 5.78. The third-order valence-corrected chi connectivity index (χ3v) is 5.19. The number of amides is 1. The average Bonchev–Trinajstić information content (AvgIpc) is 3.07. The molecule has 1 amide bonds. The van der Waals surface area contributed by atoms with Crippen LogP contribution in [0.2, 0.25) is 0 Å². The Morgan fingerprint density at radius 3 is 2.39 bits per heavy atom. The van der Waals surface area contributed by atoms with Gasteiger partial charge in [-0.25, -0.2) is 0 Å². The van der Waals surface area contributed by atoms with Crippen LogP contribution < -0.4 is 19.5 Å². The van der Waals surface area contributed by atoms with Crippen molar-refractivity contribution in [2.24, 2.45) is 0 Å². The van der Waals surface area contributed by atoms with Crippen LogP contribution in [-0.2, 0) is 11.2 Å². The molecule has 0 saturated heterocycles. The smallest absolute Gasteiger partial charge is 0.258 e. The minimum absolute atomic E-state index is 0.0313. The van der Waals surface area contributed by atoms with Crippen molar-refractivity contribution in [2.75, 3.05) is 19.8 Å². The lowest BCUT2D eigenvalue weighted by Crippen LogP contribution is -2.33. The topological polar surface area (TPSA) is 56.8 Å². The predicted molar refractivity (Wildman–Crippen MR) is 120 cm³/mol. The van der Waals surface area contributed by atoms with Gasteiger partial charge in [0.1, 0.15) is 5.75 Å². The van der Waals surface area contributed by atoms with E-state index in [0.29, 0.717) is 19.0 Å². The van der Waals surface area contributed by atoms with Crippen LogP contribution in [0.1, 0.15) is 30.0 Å². The molecule has 0 fully saturated rings. The number of fused-ring (bicyclic) bond motifs is 1. The predicted octanol–water partition coefficient (Wildman–Crippen LogP) is 4.72. The van der Waals surface area contributed by atoms with Gasteiger partial charge in [0.25, 0.3) is 5.91 Å². The molecule has 5 nitrogen and oxygen atoms in total. The van der Waals surface area contributed by atoms with E-state index in [9.17, 15) is 4.79 Å². The second-order valence-corrected chi connectivity index (χ2v) is 7.50. The van der Waals surface area contributed by atoms with Gasteiger partial charge in [-0.1, -0.05) is 54.6 Å². The Hall–Kier alpha value is -3.47. The molecule has 1 atom stereocenters. The van der Waals surface area contributed by atoms with Crippen molar-refractivity contribution < 1.29 is 19.0 Å². The third-order valence-electron chi connectivity index (χ3n) is 5.19. The quantitative estimate of drug-likeness (QED) is 0.576. The highest BCUT2D eigenvalue weighted by Gasteiger charge is 2.19. The highest BCUT2D eigenvalue weighted by atomic mass is 16.5. The molecule has 31 heavy (non-hydrogen) atoms. The molecule has 160 valence electrons. The van der Waals surface area contributed by atoms with E-state index >= 15 is 0 Å². The number of benzene rings is 3. The fraction of sp³-hybridized carbons (Fsp3) is 0.269. The molecular formula is C26H27NO4. The summed E-state index contributed by atoms with van der Waals surface area (Å²) in [5.41, 5.74) is 2.23. The van der Waals surface area contributed by atoms with E-state index < -0.39 is 0 Å². The summed E-state index contributed by atoms with van der Waals surface area (Å²) >= 11 is 0. The van der Waals surface area contributed by atoms with Gasteiger partial charge in [0.05, 0.1) is 19.3 Å². The molecule has 0 radical (unpaired) electrons. The summed E-state index contributed by atoms with van der Waals surface area (Å²) in [6.07, 6.45) is 2.47. The van der Waals surface area contributed by atoms with E-state index in [0.717, 1.165) is 36.3 Å². The molecule has 3 aromatic rings. The number of aryl methyl sites for hydroxylation is 1. The zero-order valence-corrected chi connectivity index (χ0v) is 17.5. The van der Waals surface area contributed by atoms with Gasteiger partial charge in [-0.3, -0.25) is 4.79 Å². The van der Waals surface area contributed by atoms with Crippen molar-refractivity contribution >= 4 is 5.91 Å².